The van der Waals surface area contributed by atoms with E-state index < -0.39 is 0 Å². The summed E-state index contributed by atoms with van der Waals surface area (Å²) in [5.74, 6) is 2.26. The molecule has 1 aliphatic carbocycles. The van der Waals surface area contributed by atoms with Crippen LogP contribution in [0.1, 0.15) is 30.4 Å². The van der Waals surface area contributed by atoms with Crippen molar-refractivity contribution >= 4 is 0 Å². The summed E-state index contributed by atoms with van der Waals surface area (Å²) in [4.78, 5) is 11.2. The monoisotopic (exact) mass is 312 g/mol. The van der Waals surface area contributed by atoms with Crippen LogP contribution in [-0.4, -0.2) is 43.7 Å². The number of aliphatic hydroxyl groups is 1. The number of aliphatic hydroxyl groups excluding tert-OH is 1. The highest BCUT2D eigenvalue weighted by Gasteiger charge is 2.42. The second kappa shape index (κ2) is 6.06. The van der Waals surface area contributed by atoms with Crippen molar-refractivity contribution in [2.75, 3.05) is 13.1 Å². The molecule has 1 saturated heterocycles. The molecule has 122 valence electrons. The van der Waals surface area contributed by atoms with E-state index in [1.54, 1.807) is 0 Å². The molecule has 1 saturated carbocycles. The van der Waals surface area contributed by atoms with Crippen molar-refractivity contribution in [3.05, 3.63) is 48.3 Å². The summed E-state index contributed by atoms with van der Waals surface area (Å²) in [6.45, 7) is 5.12. The zero-order valence-corrected chi connectivity index (χ0v) is 13.5. The third kappa shape index (κ3) is 2.91. The number of hydrogen-bond donors (Lipinski definition) is 1. The first-order valence-corrected chi connectivity index (χ1v) is 8.50. The second-order valence-corrected chi connectivity index (χ2v) is 7.02. The Kier molecular flexibility index (Phi) is 3.91. The molecule has 0 bridgehead atoms. The van der Waals surface area contributed by atoms with E-state index in [4.69, 9.17) is 0 Å². The Morgan fingerprint density at radius 3 is 2.65 bits per heavy atom. The average Bonchev–Trinajstić information content (AvgIpc) is 3.12. The van der Waals surface area contributed by atoms with E-state index in [1.165, 1.54) is 0 Å². The summed E-state index contributed by atoms with van der Waals surface area (Å²) in [5.41, 5.74) is 1.13. The Labute approximate surface area is 137 Å². The first kappa shape index (κ1) is 14.8. The molecule has 0 amide bonds. The van der Waals surface area contributed by atoms with E-state index in [-0.39, 0.29) is 12.1 Å². The molecule has 0 aromatic carbocycles. The highest BCUT2D eigenvalue weighted by Crippen LogP contribution is 2.41. The van der Waals surface area contributed by atoms with Gasteiger partial charge in [0.1, 0.15) is 5.82 Å². The smallest absolute Gasteiger partial charge is 0.105 e. The molecule has 3 heterocycles. The normalized spacial score (nSPS) is 31.2. The lowest BCUT2D eigenvalue weighted by atomic mass is 9.77. The van der Waals surface area contributed by atoms with E-state index in [2.05, 4.69) is 25.5 Å². The summed E-state index contributed by atoms with van der Waals surface area (Å²) >= 11 is 0. The summed E-state index contributed by atoms with van der Waals surface area (Å²) in [6, 6.07) is 6.27. The van der Waals surface area contributed by atoms with Crippen molar-refractivity contribution in [1.29, 1.82) is 0 Å². The van der Waals surface area contributed by atoms with Gasteiger partial charge < -0.3 is 9.67 Å². The molecule has 2 aromatic rings. The van der Waals surface area contributed by atoms with Gasteiger partial charge >= 0.3 is 0 Å². The molecule has 0 radical (unpaired) electrons. The molecule has 1 N–H and O–H groups in total. The summed E-state index contributed by atoms with van der Waals surface area (Å²) in [6.07, 6.45) is 7.37. The summed E-state index contributed by atoms with van der Waals surface area (Å²) in [5, 5.41) is 10.6. The van der Waals surface area contributed by atoms with Crippen LogP contribution in [0.5, 0.6) is 0 Å². The number of fused-ring (bicyclic) bond motifs is 1. The third-order valence-electron chi connectivity index (χ3n) is 5.52. The van der Waals surface area contributed by atoms with E-state index in [1.807, 2.05) is 37.6 Å². The number of likely N-dealkylation sites (tertiary alicyclic amines) is 1. The number of rotatable bonds is 3. The van der Waals surface area contributed by atoms with Crippen LogP contribution < -0.4 is 0 Å². The molecule has 2 aliphatic rings. The third-order valence-corrected chi connectivity index (χ3v) is 5.52. The Balaban J connectivity index is 1.45. The molecule has 2 fully saturated rings. The van der Waals surface area contributed by atoms with Crippen LogP contribution in [0.3, 0.4) is 0 Å². The predicted octanol–water partition coefficient (Wildman–Crippen LogP) is 2.03. The van der Waals surface area contributed by atoms with Crippen molar-refractivity contribution in [1.82, 2.24) is 19.4 Å². The Morgan fingerprint density at radius 2 is 1.96 bits per heavy atom. The van der Waals surface area contributed by atoms with Crippen LogP contribution >= 0.6 is 0 Å². The van der Waals surface area contributed by atoms with Crippen molar-refractivity contribution < 1.29 is 5.11 Å². The highest BCUT2D eigenvalue weighted by molar-refractivity contribution is 5.05. The molecule has 0 spiro atoms. The van der Waals surface area contributed by atoms with Crippen molar-refractivity contribution in [3.63, 3.8) is 0 Å². The van der Waals surface area contributed by atoms with Crippen LogP contribution in [0.25, 0.3) is 0 Å². The van der Waals surface area contributed by atoms with Gasteiger partial charge in [0.05, 0.1) is 17.8 Å². The van der Waals surface area contributed by atoms with Gasteiger partial charge in [0, 0.05) is 38.2 Å². The average molecular weight is 312 g/mol. The Morgan fingerprint density at radius 1 is 1.13 bits per heavy atom. The quantitative estimate of drug-likeness (QED) is 0.942. The van der Waals surface area contributed by atoms with E-state index in [0.29, 0.717) is 11.8 Å². The molecule has 5 nitrogen and oxygen atoms in total. The van der Waals surface area contributed by atoms with Crippen LogP contribution in [0.2, 0.25) is 0 Å². The molecule has 23 heavy (non-hydrogen) atoms. The minimum absolute atomic E-state index is 0.175. The molecule has 5 heteroatoms. The fourth-order valence-electron chi connectivity index (χ4n) is 4.39. The number of hydrogen-bond acceptors (Lipinski definition) is 4. The van der Waals surface area contributed by atoms with Crippen LogP contribution in [0.15, 0.2) is 36.8 Å². The standard InChI is InChI=1S/C18H24N4O/c1-13-19-6-7-22(13)17-8-14-10-21(11-15(14)9-18(17)23)12-16-4-2-3-5-20-16/h2-7,14-15,17-18,23H,8-12H2,1H3/t14-,15+,17-,18-/m0/s1. The minimum Gasteiger partial charge on any atom is -0.391 e. The van der Waals surface area contributed by atoms with Crippen molar-refractivity contribution in [2.24, 2.45) is 11.8 Å². The lowest BCUT2D eigenvalue weighted by molar-refractivity contribution is 0.0349. The van der Waals surface area contributed by atoms with Crippen LogP contribution in [0.4, 0.5) is 0 Å². The largest absolute Gasteiger partial charge is 0.391 e. The fraction of sp³-hybridized carbons (Fsp3) is 0.556. The SMILES string of the molecule is Cc1nccn1[C@H]1C[C@H]2CN(Cc3ccccn3)C[C@H]2C[C@@H]1O. The van der Waals surface area contributed by atoms with Crippen LogP contribution in [-0.2, 0) is 6.54 Å². The van der Waals surface area contributed by atoms with Gasteiger partial charge in [0.15, 0.2) is 0 Å². The molecular weight excluding hydrogens is 288 g/mol. The maximum absolute atomic E-state index is 10.6. The maximum atomic E-state index is 10.6. The van der Waals surface area contributed by atoms with Gasteiger partial charge in [0.2, 0.25) is 0 Å². The van der Waals surface area contributed by atoms with E-state index in [9.17, 15) is 5.11 Å². The number of aromatic nitrogens is 3. The van der Waals surface area contributed by atoms with E-state index >= 15 is 0 Å². The minimum atomic E-state index is -0.265. The second-order valence-electron chi connectivity index (χ2n) is 7.02. The maximum Gasteiger partial charge on any atom is 0.105 e. The van der Waals surface area contributed by atoms with Crippen molar-refractivity contribution in [3.8, 4) is 0 Å². The first-order chi connectivity index (χ1) is 11.2. The van der Waals surface area contributed by atoms with Crippen LogP contribution in [0, 0.1) is 18.8 Å². The predicted molar refractivity (Wildman–Crippen MR) is 87.7 cm³/mol. The Bertz CT molecular complexity index is 656. The molecule has 2 aromatic heterocycles. The zero-order chi connectivity index (χ0) is 15.8. The van der Waals surface area contributed by atoms with Gasteiger partial charge in [0.25, 0.3) is 0 Å². The van der Waals surface area contributed by atoms with Gasteiger partial charge in [-0.1, -0.05) is 6.07 Å². The summed E-state index contributed by atoms with van der Waals surface area (Å²) < 4.78 is 2.16. The summed E-state index contributed by atoms with van der Waals surface area (Å²) in [7, 11) is 0. The molecule has 4 rings (SSSR count). The van der Waals surface area contributed by atoms with Gasteiger partial charge in [-0.2, -0.15) is 0 Å². The molecule has 4 atom stereocenters. The molecular formula is C18H24N4O. The topological polar surface area (TPSA) is 54.2 Å². The fourth-order valence-corrected chi connectivity index (χ4v) is 4.39. The van der Waals surface area contributed by atoms with Gasteiger partial charge in [-0.15, -0.1) is 0 Å². The highest BCUT2D eigenvalue weighted by atomic mass is 16.3. The first-order valence-electron chi connectivity index (χ1n) is 8.50. The molecule has 0 unspecified atom stereocenters. The van der Waals surface area contributed by atoms with Gasteiger partial charge in [-0.3, -0.25) is 9.88 Å². The number of pyridine rings is 1. The molecule has 1 aliphatic heterocycles. The lowest BCUT2D eigenvalue weighted by Gasteiger charge is -2.36. The zero-order valence-electron chi connectivity index (χ0n) is 13.5. The van der Waals surface area contributed by atoms with Gasteiger partial charge in [-0.05, 0) is 43.7 Å². The number of aryl methyl sites for hydroxylation is 1. The number of nitrogens with zero attached hydrogens (tertiary/aromatic N) is 4. The number of imidazole rings is 1. The van der Waals surface area contributed by atoms with Gasteiger partial charge in [-0.25, -0.2) is 4.98 Å². The lowest BCUT2D eigenvalue weighted by Crippen LogP contribution is -2.36. The van der Waals surface area contributed by atoms with Crippen molar-refractivity contribution in [2.45, 2.75) is 38.5 Å². The van der Waals surface area contributed by atoms with E-state index in [0.717, 1.165) is 44.0 Å². The Hall–Kier alpha value is -1.72.